The third-order valence-electron chi connectivity index (χ3n) is 4.54. The van der Waals surface area contributed by atoms with E-state index in [4.69, 9.17) is 0 Å². The van der Waals surface area contributed by atoms with Gasteiger partial charge in [-0.05, 0) is 24.5 Å². The van der Waals surface area contributed by atoms with Gasteiger partial charge in [0.05, 0.1) is 6.54 Å². The Morgan fingerprint density at radius 3 is 2.74 bits per heavy atom. The number of amides is 1. The van der Waals surface area contributed by atoms with Crippen molar-refractivity contribution in [3.63, 3.8) is 0 Å². The molecule has 2 aromatic heterocycles. The molecule has 0 aliphatic rings. The minimum Gasteiger partial charge on any atom is -0.361 e. The van der Waals surface area contributed by atoms with Crippen LogP contribution in [0.15, 0.2) is 60.8 Å². The van der Waals surface area contributed by atoms with E-state index in [1.165, 1.54) is 10.9 Å². The predicted molar refractivity (Wildman–Crippen MR) is 105 cm³/mol. The molecule has 1 amide bonds. The van der Waals surface area contributed by atoms with Crippen molar-refractivity contribution >= 4 is 16.8 Å². The van der Waals surface area contributed by atoms with Crippen molar-refractivity contribution in [3.05, 3.63) is 72.2 Å². The number of aromatic amines is 2. The monoisotopic (exact) mass is 359 g/mol. The summed E-state index contributed by atoms with van der Waals surface area (Å²) in [7, 11) is 0. The Labute approximate surface area is 157 Å². The molecule has 6 heteroatoms. The average Bonchev–Trinajstić information content (AvgIpc) is 3.35. The molecule has 4 rings (SSSR count). The van der Waals surface area contributed by atoms with Crippen molar-refractivity contribution in [1.82, 2.24) is 25.5 Å². The third-order valence-corrected chi connectivity index (χ3v) is 4.54. The zero-order valence-electron chi connectivity index (χ0n) is 14.9. The Hall–Kier alpha value is -3.41. The van der Waals surface area contributed by atoms with Crippen LogP contribution in [-0.4, -0.2) is 26.1 Å². The number of aromatic nitrogens is 4. The van der Waals surface area contributed by atoms with Crippen LogP contribution >= 0.6 is 0 Å². The van der Waals surface area contributed by atoms with Gasteiger partial charge in [-0.3, -0.25) is 9.89 Å². The maximum Gasteiger partial charge on any atom is 0.220 e. The van der Waals surface area contributed by atoms with Gasteiger partial charge in [-0.15, -0.1) is 0 Å². The summed E-state index contributed by atoms with van der Waals surface area (Å²) >= 11 is 0. The molecule has 0 radical (unpaired) electrons. The molecule has 0 bridgehead atoms. The van der Waals surface area contributed by atoms with E-state index >= 15 is 0 Å². The highest BCUT2D eigenvalue weighted by Crippen LogP contribution is 2.19. The molecule has 0 spiro atoms. The van der Waals surface area contributed by atoms with Crippen LogP contribution in [0.4, 0.5) is 0 Å². The topological polar surface area (TPSA) is 86.5 Å². The third kappa shape index (κ3) is 4.06. The largest absolute Gasteiger partial charge is 0.361 e. The molecule has 0 saturated heterocycles. The van der Waals surface area contributed by atoms with E-state index in [0.29, 0.717) is 24.6 Å². The van der Waals surface area contributed by atoms with Crippen molar-refractivity contribution in [2.24, 2.45) is 0 Å². The molecule has 3 N–H and O–H groups in total. The number of fused-ring (bicyclic) bond motifs is 1. The van der Waals surface area contributed by atoms with Gasteiger partial charge < -0.3 is 10.3 Å². The van der Waals surface area contributed by atoms with Gasteiger partial charge in [-0.25, -0.2) is 4.98 Å². The van der Waals surface area contributed by atoms with Crippen LogP contribution in [0.25, 0.3) is 22.3 Å². The maximum absolute atomic E-state index is 12.1. The number of para-hydroxylation sites is 1. The van der Waals surface area contributed by atoms with Gasteiger partial charge in [0.1, 0.15) is 5.82 Å². The summed E-state index contributed by atoms with van der Waals surface area (Å²) < 4.78 is 0. The highest BCUT2D eigenvalue weighted by molar-refractivity contribution is 5.83. The summed E-state index contributed by atoms with van der Waals surface area (Å²) in [5, 5.41) is 11.2. The van der Waals surface area contributed by atoms with Crippen LogP contribution in [-0.2, 0) is 17.8 Å². The molecule has 27 heavy (non-hydrogen) atoms. The summed E-state index contributed by atoms with van der Waals surface area (Å²) in [4.78, 5) is 19.8. The molecular formula is C21H21N5O. The van der Waals surface area contributed by atoms with Crippen molar-refractivity contribution < 1.29 is 4.79 Å². The summed E-state index contributed by atoms with van der Waals surface area (Å²) in [6, 6.07) is 18.0. The number of hydrogen-bond donors (Lipinski definition) is 3. The van der Waals surface area contributed by atoms with Gasteiger partial charge in [0.25, 0.3) is 0 Å². The van der Waals surface area contributed by atoms with Gasteiger partial charge >= 0.3 is 0 Å². The summed E-state index contributed by atoms with van der Waals surface area (Å²) in [5.74, 6) is 1.31. The van der Waals surface area contributed by atoms with Crippen molar-refractivity contribution in [1.29, 1.82) is 0 Å². The minimum atomic E-state index is 0.0208. The number of carbonyl (C=O) groups is 1. The van der Waals surface area contributed by atoms with E-state index in [1.54, 1.807) is 0 Å². The lowest BCUT2D eigenvalue weighted by Gasteiger charge is -2.03. The summed E-state index contributed by atoms with van der Waals surface area (Å²) in [6.07, 6.45) is 4.19. The quantitative estimate of drug-likeness (QED) is 0.471. The van der Waals surface area contributed by atoms with E-state index < -0.39 is 0 Å². The zero-order chi connectivity index (χ0) is 18.5. The number of carbonyl (C=O) groups excluding carboxylic acids is 1. The predicted octanol–water partition coefficient (Wildman–Crippen LogP) is 3.59. The van der Waals surface area contributed by atoms with Gasteiger partial charge in [-0.2, -0.15) is 5.10 Å². The molecule has 136 valence electrons. The Morgan fingerprint density at radius 2 is 1.85 bits per heavy atom. The Bertz CT molecular complexity index is 1030. The van der Waals surface area contributed by atoms with E-state index in [2.05, 4.69) is 37.6 Å². The number of benzene rings is 2. The Balaban J connectivity index is 1.25. The second kappa shape index (κ2) is 7.86. The molecule has 2 aromatic carbocycles. The van der Waals surface area contributed by atoms with Crippen LogP contribution in [0.2, 0.25) is 0 Å². The van der Waals surface area contributed by atoms with Gasteiger partial charge in [0.15, 0.2) is 5.82 Å². The lowest BCUT2D eigenvalue weighted by atomic mass is 10.1. The zero-order valence-corrected chi connectivity index (χ0v) is 14.9. The van der Waals surface area contributed by atoms with Gasteiger partial charge in [-0.1, -0.05) is 48.5 Å². The number of nitrogens with one attached hydrogen (secondary N) is 3. The first kappa shape index (κ1) is 17.0. The Morgan fingerprint density at radius 1 is 1.04 bits per heavy atom. The van der Waals surface area contributed by atoms with E-state index in [9.17, 15) is 4.79 Å². The molecule has 0 aliphatic carbocycles. The van der Waals surface area contributed by atoms with Crippen LogP contribution in [0.5, 0.6) is 0 Å². The molecular weight excluding hydrogens is 338 g/mol. The molecule has 0 fully saturated rings. The molecule has 0 atom stereocenters. The fourth-order valence-electron chi connectivity index (χ4n) is 3.14. The van der Waals surface area contributed by atoms with E-state index in [0.717, 1.165) is 23.9 Å². The smallest absolute Gasteiger partial charge is 0.220 e. The van der Waals surface area contributed by atoms with Crippen LogP contribution < -0.4 is 5.32 Å². The van der Waals surface area contributed by atoms with E-state index in [-0.39, 0.29) is 5.91 Å². The average molecular weight is 359 g/mol. The number of nitrogens with zero attached hydrogens (tertiary/aromatic N) is 2. The van der Waals surface area contributed by atoms with Crippen LogP contribution in [0, 0.1) is 0 Å². The molecule has 0 saturated carbocycles. The first-order valence-corrected chi connectivity index (χ1v) is 9.08. The summed E-state index contributed by atoms with van der Waals surface area (Å²) in [6.45, 7) is 0.353. The fraction of sp³-hybridized carbons (Fsp3) is 0.190. The highest BCUT2D eigenvalue weighted by atomic mass is 16.1. The molecule has 6 nitrogen and oxygen atoms in total. The minimum absolute atomic E-state index is 0.0208. The normalized spacial score (nSPS) is 11.0. The SMILES string of the molecule is O=C(CCCc1c[nH]c2ccccc12)NCc1nc(-c2ccccc2)n[nH]1. The first-order chi connectivity index (χ1) is 13.3. The Kier molecular flexibility index (Phi) is 4.96. The lowest BCUT2D eigenvalue weighted by molar-refractivity contribution is -0.121. The number of H-pyrrole nitrogens is 2. The second-order valence-corrected chi connectivity index (χ2v) is 6.46. The van der Waals surface area contributed by atoms with E-state index in [1.807, 2.05) is 48.7 Å². The van der Waals surface area contributed by atoms with Crippen LogP contribution in [0.1, 0.15) is 24.2 Å². The van der Waals surface area contributed by atoms with Crippen LogP contribution in [0.3, 0.4) is 0 Å². The maximum atomic E-state index is 12.1. The van der Waals surface area contributed by atoms with Crippen molar-refractivity contribution in [3.8, 4) is 11.4 Å². The number of aryl methyl sites for hydroxylation is 1. The van der Waals surface area contributed by atoms with Gasteiger partial charge in [0.2, 0.25) is 5.91 Å². The highest BCUT2D eigenvalue weighted by Gasteiger charge is 2.08. The van der Waals surface area contributed by atoms with Crippen molar-refractivity contribution in [2.75, 3.05) is 0 Å². The lowest BCUT2D eigenvalue weighted by Crippen LogP contribution is -2.23. The molecule has 2 heterocycles. The first-order valence-electron chi connectivity index (χ1n) is 9.08. The standard InChI is InChI=1S/C21H21N5O/c27-20(12-6-9-16-13-22-18-11-5-4-10-17(16)18)23-14-19-24-21(26-25-19)15-7-2-1-3-8-15/h1-5,7-8,10-11,13,22H,6,9,12,14H2,(H,23,27)(H,24,25,26). The number of rotatable bonds is 7. The van der Waals surface area contributed by atoms with Crippen molar-refractivity contribution in [2.45, 2.75) is 25.8 Å². The van der Waals surface area contributed by atoms with Gasteiger partial charge in [0, 0.05) is 29.1 Å². The fourth-order valence-corrected chi connectivity index (χ4v) is 3.14. The summed E-state index contributed by atoms with van der Waals surface area (Å²) in [5.41, 5.74) is 3.34. The molecule has 0 unspecified atom stereocenters. The second-order valence-electron chi connectivity index (χ2n) is 6.46. The number of hydrogen-bond acceptors (Lipinski definition) is 3. The molecule has 0 aliphatic heterocycles. The molecule has 4 aromatic rings.